The summed E-state index contributed by atoms with van der Waals surface area (Å²) in [5.74, 6) is -0.639. The first kappa shape index (κ1) is 22.0. The molecule has 0 saturated heterocycles. The van der Waals surface area contributed by atoms with E-state index in [4.69, 9.17) is 0 Å². The van der Waals surface area contributed by atoms with Gasteiger partial charge in [0.15, 0.2) is 0 Å². The molecule has 2 heterocycles. The van der Waals surface area contributed by atoms with Crippen molar-refractivity contribution in [1.29, 1.82) is 0 Å². The number of anilines is 1. The van der Waals surface area contributed by atoms with Gasteiger partial charge in [-0.2, -0.15) is 5.10 Å². The lowest BCUT2D eigenvalue weighted by atomic mass is 10.2. The zero-order valence-electron chi connectivity index (χ0n) is 17.9. The van der Waals surface area contributed by atoms with E-state index in [1.165, 1.54) is 6.07 Å². The molecule has 1 N–H and O–H groups in total. The average molecular weight is 497 g/mol. The van der Waals surface area contributed by atoms with Crippen LogP contribution in [0.25, 0.3) is 10.8 Å². The summed E-state index contributed by atoms with van der Waals surface area (Å²) in [6, 6.07) is 12.1. The van der Waals surface area contributed by atoms with Crippen LogP contribution in [0.2, 0.25) is 0 Å². The van der Waals surface area contributed by atoms with E-state index < -0.39 is 0 Å². The Morgan fingerprint density at radius 3 is 2.59 bits per heavy atom. The molecule has 2 aromatic carbocycles. The second-order valence-electron chi connectivity index (χ2n) is 7.76. The van der Waals surface area contributed by atoms with Crippen molar-refractivity contribution >= 4 is 38.3 Å². The molecule has 0 aliphatic heterocycles. The molecule has 2 aromatic heterocycles. The maximum atomic E-state index is 14.2. The van der Waals surface area contributed by atoms with Crippen molar-refractivity contribution in [2.45, 2.75) is 33.9 Å². The maximum absolute atomic E-state index is 14.2. The van der Waals surface area contributed by atoms with Crippen LogP contribution < -0.4 is 10.9 Å². The predicted molar refractivity (Wildman–Crippen MR) is 126 cm³/mol. The van der Waals surface area contributed by atoms with E-state index in [1.54, 1.807) is 30.5 Å². The molecule has 0 atom stereocenters. The molecule has 4 aromatic rings. The van der Waals surface area contributed by atoms with Crippen LogP contribution in [0.4, 0.5) is 10.1 Å². The van der Waals surface area contributed by atoms with Crippen LogP contribution in [-0.4, -0.2) is 20.3 Å². The van der Waals surface area contributed by atoms with E-state index in [9.17, 15) is 14.0 Å². The van der Waals surface area contributed by atoms with Crippen LogP contribution >= 0.6 is 15.9 Å². The number of rotatable bonds is 5. The standard InChI is InChI=1S/C24H22BrFN4O2/c1-14-10-18(8-9-20(14)25)28-22(31)13-30-24(32)23-16(3)29(15(2)19(23)11-27-30)12-17-6-4-5-7-21(17)26/h4-11H,12-13H2,1-3H3,(H,28,31). The van der Waals surface area contributed by atoms with Crippen LogP contribution in [0.15, 0.2) is 57.9 Å². The largest absolute Gasteiger partial charge is 0.343 e. The second-order valence-corrected chi connectivity index (χ2v) is 8.61. The van der Waals surface area contributed by atoms with Gasteiger partial charge in [0.25, 0.3) is 5.56 Å². The summed E-state index contributed by atoms with van der Waals surface area (Å²) in [4.78, 5) is 25.7. The van der Waals surface area contributed by atoms with Gasteiger partial charge in [0.2, 0.25) is 5.91 Å². The number of nitrogens with one attached hydrogen (secondary N) is 1. The van der Waals surface area contributed by atoms with Crippen molar-refractivity contribution < 1.29 is 9.18 Å². The number of nitrogens with zero attached hydrogens (tertiary/aromatic N) is 3. The minimum atomic E-state index is -0.350. The van der Waals surface area contributed by atoms with E-state index >= 15 is 0 Å². The Morgan fingerprint density at radius 2 is 1.88 bits per heavy atom. The molecular formula is C24H22BrFN4O2. The molecule has 6 nitrogen and oxygen atoms in total. The molecule has 32 heavy (non-hydrogen) atoms. The summed E-state index contributed by atoms with van der Waals surface area (Å²) in [5, 5.41) is 8.19. The molecule has 164 valence electrons. The van der Waals surface area contributed by atoms with Gasteiger partial charge in [-0.1, -0.05) is 34.1 Å². The molecule has 0 radical (unpaired) electrons. The number of hydrogen-bond donors (Lipinski definition) is 1. The summed E-state index contributed by atoms with van der Waals surface area (Å²) >= 11 is 3.43. The van der Waals surface area contributed by atoms with Gasteiger partial charge in [0.05, 0.1) is 18.1 Å². The highest BCUT2D eigenvalue weighted by molar-refractivity contribution is 9.10. The SMILES string of the molecule is Cc1cc(NC(=O)Cn2ncc3c(C)n(Cc4ccccc4F)c(C)c3c2=O)ccc1Br. The fourth-order valence-corrected chi connectivity index (χ4v) is 4.10. The normalized spacial score (nSPS) is 11.2. The summed E-state index contributed by atoms with van der Waals surface area (Å²) in [5.41, 5.74) is 3.36. The average Bonchev–Trinajstić information content (AvgIpc) is 2.99. The number of hydrogen-bond acceptors (Lipinski definition) is 3. The fourth-order valence-electron chi connectivity index (χ4n) is 3.85. The van der Waals surface area contributed by atoms with Crippen molar-refractivity contribution in [3.05, 3.63) is 91.8 Å². The number of benzene rings is 2. The van der Waals surface area contributed by atoms with E-state index in [1.807, 2.05) is 37.5 Å². The second kappa shape index (κ2) is 8.70. The lowest BCUT2D eigenvalue weighted by molar-refractivity contribution is -0.117. The fraction of sp³-hybridized carbons (Fsp3) is 0.208. The van der Waals surface area contributed by atoms with Crippen molar-refractivity contribution in [3.8, 4) is 0 Å². The number of halogens is 2. The highest BCUT2D eigenvalue weighted by Gasteiger charge is 2.18. The van der Waals surface area contributed by atoms with Gasteiger partial charge < -0.3 is 9.88 Å². The highest BCUT2D eigenvalue weighted by Crippen LogP contribution is 2.24. The monoisotopic (exact) mass is 496 g/mol. The molecule has 0 bridgehead atoms. The van der Waals surface area contributed by atoms with Crippen LogP contribution in [0, 0.1) is 26.6 Å². The first-order valence-corrected chi connectivity index (χ1v) is 10.9. The Hall–Kier alpha value is -3.26. The number of carbonyl (C=O) groups excluding carboxylic acids is 1. The topological polar surface area (TPSA) is 68.9 Å². The van der Waals surface area contributed by atoms with E-state index in [2.05, 4.69) is 26.3 Å². The molecule has 0 aliphatic carbocycles. The van der Waals surface area contributed by atoms with Crippen molar-refractivity contribution in [3.63, 3.8) is 0 Å². The van der Waals surface area contributed by atoms with Crippen molar-refractivity contribution in [2.75, 3.05) is 5.32 Å². The number of carbonyl (C=O) groups is 1. The molecular weight excluding hydrogens is 475 g/mol. The molecule has 0 spiro atoms. The number of aromatic nitrogens is 3. The van der Waals surface area contributed by atoms with Gasteiger partial charge in [0.1, 0.15) is 12.4 Å². The van der Waals surface area contributed by atoms with Crippen LogP contribution in [0.3, 0.4) is 0 Å². The van der Waals surface area contributed by atoms with E-state index in [0.29, 0.717) is 34.3 Å². The smallest absolute Gasteiger partial charge is 0.276 e. The number of amides is 1. The van der Waals surface area contributed by atoms with Gasteiger partial charge in [0, 0.05) is 32.5 Å². The molecule has 0 fully saturated rings. The quantitative estimate of drug-likeness (QED) is 0.434. The minimum Gasteiger partial charge on any atom is -0.343 e. The highest BCUT2D eigenvalue weighted by atomic mass is 79.9. The molecule has 8 heteroatoms. The van der Waals surface area contributed by atoms with E-state index in [-0.39, 0.29) is 23.8 Å². The van der Waals surface area contributed by atoms with E-state index in [0.717, 1.165) is 20.4 Å². The Labute approximate surface area is 192 Å². The van der Waals surface area contributed by atoms with Crippen molar-refractivity contribution in [1.82, 2.24) is 14.3 Å². The first-order valence-electron chi connectivity index (χ1n) is 10.1. The lowest BCUT2D eigenvalue weighted by Gasteiger charge is -2.10. The maximum Gasteiger partial charge on any atom is 0.276 e. The third-order valence-electron chi connectivity index (χ3n) is 5.63. The number of fused-ring (bicyclic) bond motifs is 1. The van der Waals surface area contributed by atoms with Gasteiger partial charge in [-0.15, -0.1) is 0 Å². The van der Waals surface area contributed by atoms with Gasteiger partial charge in [-0.05, 0) is 50.6 Å². The van der Waals surface area contributed by atoms with Gasteiger partial charge in [-0.3, -0.25) is 9.59 Å². The molecule has 0 saturated carbocycles. The third-order valence-corrected chi connectivity index (χ3v) is 6.52. The Morgan fingerprint density at radius 1 is 1.12 bits per heavy atom. The zero-order chi connectivity index (χ0) is 23.0. The van der Waals surface area contributed by atoms with Crippen LogP contribution in [0.1, 0.15) is 22.5 Å². The Balaban J connectivity index is 1.64. The Bertz CT molecular complexity index is 1410. The summed E-state index contributed by atoms with van der Waals surface area (Å²) < 4.78 is 18.2. The summed E-state index contributed by atoms with van der Waals surface area (Å²) in [6.45, 7) is 5.73. The zero-order valence-corrected chi connectivity index (χ0v) is 19.5. The Kier molecular flexibility index (Phi) is 5.97. The van der Waals surface area contributed by atoms with Crippen LogP contribution in [0.5, 0.6) is 0 Å². The van der Waals surface area contributed by atoms with Crippen LogP contribution in [-0.2, 0) is 17.9 Å². The molecule has 0 aliphatic rings. The van der Waals surface area contributed by atoms with Crippen molar-refractivity contribution in [2.24, 2.45) is 0 Å². The lowest BCUT2D eigenvalue weighted by Crippen LogP contribution is -2.29. The summed E-state index contributed by atoms with van der Waals surface area (Å²) in [6.07, 6.45) is 1.59. The predicted octanol–water partition coefficient (Wildman–Crippen LogP) is 4.71. The summed E-state index contributed by atoms with van der Waals surface area (Å²) in [7, 11) is 0. The molecule has 0 unspecified atom stereocenters. The van der Waals surface area contributed by atoms with Gasteiger partial charge in [-0.25, -0.2) is 9.07 Å². The minimum absolute atomic E-state index is 0.207. The number of aryl methyl sites for hydroxylation is 3. The third kappa shape index (κ3) is 4.10. The molecule has 4 rings (SSSR count). The van der Waals surface area contributed by atoms with Gasteiger partial charge >= 0.3 is 0 Å². The first-order chi connectivity index (χ1) is 15.3. The molecule has 1 amide bonds.